The van der Waals surface area contributed by atoms with E-state index in [0.717, 1.165) is 21.9 Å². The molecule has 3 aromatic carbocycles. The third kappa shape index (κ3) is 7.53. The highest BCUT2D eigenvalue weighted by atomic mass is 35.5. The number of halogens is 2. The van der Waals surface area contributed by atoms with Crippen molar-refractivity contribution in [3.8, 4) is 0 Å². The minimum atomic E-state index is -4.18. The molecule has 7 nitrogen and oxygen atoms in total. The van der Waals surface area contributed by atoms with E-state index in [2.05, 4.69) is 5.32 Å². The third-order valence-corrected chi connectivity index (χ3v) is 9.10. The van der Waals surface area contributed by atoms with Crippen molar-refractivity contribution in [1.82, 2.24) is 10.2 Å². The molecule has 0 radical (unpaired) electrons. The molecule has 39 heavy (non-hydrogen) atoms. The van der Waals surface area contributed by atoms with Crippen molar-refractivity contribution < 1.29 is 18.0 Å². The highest BCUT2D eigenvalue weighted by Crippen LogP contribution is 2.31. The normalized spacial score (nSPS) is 12.9. The molecule has 2 atom stereocenters. The first-order valence-corrected chi connectivity index (χ1v) is 14.8. The fourth-order valence-corrected chi connectivity index (χ4v) is 5.63. The van der Waals surface area contributed by atoms with Crippen molar-refractivity contribution in [1.29, 1.82) is 0 Å². The summed E-state index contributed by atoms with van der Waals surface area (Å²) in [5.74, 6) is -0.867. The smallest absolute Gasteiger partial charge is 0.264 e. The van der Waals surface area contributed by atoms with Crippen LogP contribution in [0.15, 0.2) is 77.7 Å². The van der Waals surface area contributed by atoms with Crippen molar-refractivity contribution in [2.45, 2.75) is 57.6 Å². The van der Waals surface area contributed by atoms with E-state index in [4.69, 9.17) is 23.2 Å². The van der Waals surface area contributed by atoms with Gasteiger partial charge in [0, 0.05) is 12.6 Å². The van der Waals surface area contributed by atoms with Crippen molar-refractivity contribution in [2.24, 2.45) is 0 Å². The molecule has 1 N–H and O–H groups in total. The second-order valence-corrected chi connectivity index (χ2v) is 12.0. The van der Waals surface area contributed by atoms with Crippen molar-refractivity contribution in [2.75, 3.05) is 10.8 Å². The largest absolute Gasteiger partial charge is 0.352 e. The summed E-state index contributed by atoms with van der Waals surface area (Å²) in [5.41, 5.74) is 1.97. The van der Waals surface area contributed by atoms with E-state index in [9.17, 15) is 18.0 Å². The molecule has 10 heteroatoms. The number of benzene rings is 3. The average Bonchev–Trinajstić information content (AvgIpc) is 2.92. The van der Waals surface area contributed by atoms with Crippen LogP contribution in [-0.4, -0.2) is 43.8 Å². The second kappa shape index (κ2) is 13.3. The zero-order valence-corrected chi connectivity index (χ0v) is 24.7. The lowest BCUT2D eigenvalue weighted by Crippen LogP contribution is -2.52. The molecule has 208 valence electrons. The maximum atomic E-state index is 14.0. The molecule has 0 spiro atoms. The van der Waals surface area contributed by atoms with Crippen LogP contribution in [0.3, 0.4) is 0 Å². The third-order valence-electron chi connectivity index (χ3n) is 6.57. The molecule has 0 saturated carbocycles. The maximum Gasteiger partial charge on any atom is 0.264 e. The fourth-order valence-electron chi connectivity index (χ4n) is 3.91. The molecule has 0 aliphatic carbocycles. The van der Waals surface area contributed by atoms with Gasteiger partial charge in [-0.25, -0.2) is 8.42 Å². The Morgan fingerprint density at radius 1 is 0.923 bits per heavy atom. The Hall–Kier alpha value is -3.07. The van der Waals surface area contributed by atoms with Crippen LogP contribution in [0.25, 0.3) is 0 Å². The van der Waals surface area contributed by atoms with Gasteiger partial charge in [-0.3, -0.25) is 13.9 Å². The molecule has 0 unspecified atom stereocenters. The molecular formula is C29H33Cl2N3O4S. The van der Waals surface area contributed by atoms with Crippen LogP contribution in [0.4, 0.5) is 5.69 Å². The van der Waals surface area contributed by atoms with Gasteiger partial charge in [0.1, 0.15) is 12.6 Å². The highest BCUT2D eigenvalue weighted by Gasteiger charge is 2.33. The zero-order valence-electron chi connectivity index (χ0n) is 22.4. The predicted molar refractivity (Wildman–Crippen MR) is 157 cm³/mol. The van der Waals surface area contributed by atoms with E-state index in [1.165, 1.54) is 35.2 Å². The summed E-state index contributed by atoms with van der Waals surface area (Å²) < 4.78 is 28.6. The van der Waals surface area contributed by atoms with Gasteiger partial charge in [0.2, 0.25) is 11.8 Å². The number of nitrogens with zero attached hydrogens (tertiary/aromatic N) is 2. The van der Waals surface area contributed by atoms with Gasteiger partial charge in [0.05, 0.1) is 20.6 Å². The molecule has 0 aromatic heterocycles. The summed E-state index contributed by atoms with van der Waals surface area (Å²) in [5, 5.41) is 3.32. The average molecular weight is 591 g/mol. The van der Waals surface area contributed by atoms with E-state index in [1.54, 1.807) is 25.1 Å². The van der Waals surface area contributed by atoms with Crippen LogP contribution in [0, 0.1) is 6.92 Å². The van der Waals surface area contributed by atoms with Crippen LogP contribution < -0.4 is 9.62 Å². The number of carbonyl (C=O) groups is 2. The Morgan fingerprint density at radius 3 is 2.18 bits per heavy atom. The molecule has 0 bridgehead atoms. The van der Waals surface area contributed by atoms with Gasteiger partial charge in [0.15, 0.2) is 0 Å². The first kappa shape index (κ1) is 30.5. The van der Waals surface area contributed by atoms with Crippen LogP contribution in [0.2, 0.25) is 10.0 Å². The second-order valence-electron chi connectivity index (χ2n) is 9.37. The lowest BCUT2D eigenvalue weighted by atomic mass is 10.1. The van der Waals surface area contributed by atoms with Crippen LogP contribution >= 0.6 is 23.2 Å². The first-order valence-electron chi connectivity index (χ1n) is 12.6. The molecule has 3 aromatic rings. The Bertz CT molecular complexity index is 1420. The lowest BCUT2D eigenvalue weighted by Gasteiger charge is -2.32. The summed E-state index contributed by atoms with van der Waals surface area (Å²) in [6, 6.07) is 18.8. The van der Waals surface area contributed by atoms with Crippen molar-refractivity contribution in [3.05, 3.63) is 94.0 Å². The summed E-state index contributed by atoms with van der Waals surface area (Å²) in [7, 11) is -4.18. The van der Waals surface area contributed by atoms with Crippen molar-refractivity contribution >= 4 is 50.7 Å². The molecular weight excluding hydrogens is 557 g/mol. The van der Waals surface area contributed by atoms with Gasteiger partial charge in [-0.2, -0.15) is 0 Å². The predicted octanol–water partition coefficient (Wildman–Crippen LogP) is 5.83. The van der Waals surface area contributed by atoms with Gasteiger partial charge < -0.3 is 10.2 Å². The number of hydrogen-bond donors (Lipinski definition) is 1. The first-order chi connectivity index (χ1) is 18.4. The highest BCUT2D eigenvalue weighted by molar-refractivity contribution is 7.92. The topological polar surface area (TPSA) is 86.8 Å². The Kier molecular flexibility index (Phi) is 10.4. The van der Waals surface area contributed by atoms with Crippen LogP contribution in [-0.2, 0) is 26.2 Å². The fraction of sp³-hybridized carbons (Fsp3) is 0.310. The number of carbonyl (C=O) groups excluding carboxylic acids is 2. The summed E-state index contributed by atoms with van der Waals surface area (Å²) in [6.45, 7) is 6.97. The number of hydrogen-bond acceptors (Lipinski definition) is 4. The zero-order chi connectivity index (χ0) is 28.7. The van der Waals surface area contributed by atoms with E-state index in [1.807, 2.05) is 45.0 Å². The Morgan fingerprint density at radius 2 is 1.56 bits per heavy atom. The number of amides is 2. The SMILES string of the molecule is CC[C@@H](C)NC(=O)[C@@H](C)N(Cc1ccccc1C)C(=O)CN(c1ccc(Cl)c(Cl)c1)S(=O)(=O)c1ccccc1. The minimum Gasteiger partial charge on any atom is -0.352 e. The monoisotopic (exact) mass is 589 g/mol. The number of nitrogens with one attached hydrogen (secondary N) is 1. The van der Waals surface area contributed by atoms with Gasteiger partial charge in [-0.05, 0) is 68.7 Å². The molecule has 0 fully saturated rings. The Labute approximate surface area is 240 Å². The molecule has 0 aliphatic heterocycles. The van der Waals surface area contributed by atoms with E-state index >= 15 is 0 Å². The van der Waals surface area contributed by atoms with Gasteiger partial charge in [-0.15, -0.1) is 0 Å². The van der Waals surface area contributed by atoms with E-state index in [-0.39, 0.29) is 39.1 Å². The molecule has 0 saturated heterocycles. The summed E-state index contributed by atoms with van der Waals surface area (Å²) in [6.07, 6.45) is 0.727. The minimum absolute atomic E-state index is 0.0110. The number of rotatable bonds is 11. The summed E-state index contributed by atoms with van der Waals surface area (Å²) >= 11 is 12.3. The maximum absolute atomic E-state index is 14.0. The quantitative estimate of drug-likeness (QED) is 0.305. The molecule has 0 heterocycles. The van der Waals surface area contributed by atoms with Crippen molar-refractivity contribution in [3.63, 3.8) is 0 Å². The van der Waals surface area contributed by atoms with Crippen LogP contribution in [0.1, 0.15) is 38.3 Å². The summed E-state index contributed by atoms with van der Waals surface area (Å²) in [4.78, 5) is 28.5. The van der Waals surface area contributed by atoms with E-state index in [0.29, 0.717) is 0 Å². The number of sulfonamides is 1. The molecule has 3 rings (SSSR count). The van der Waals surface area contributed by atoms with E-state index < -0.39 is 28.5 Å². The number of aryl methyl sites for hydroxylation is 1. The number of anilines is 1. The molecule has 2 amide bonds. The van der Waals surface area contributed by atoms with Gasteiger partial charge >= 0.3 is 0 Å². The Balaban J connectivity index is 2.05. The van der Waals surface area contributed by atoms with Gasteiger partial charge in [-0.1, -0.05) is 72.6 Å². The molecule has 0 aliphatic rings. The van der Waals surface area contributed by atoms with Crippen LogP contribution in [0.5, 0.6) is 0 Å². The van der Waals surface area contributed by atoms with Gasteiger partial charge in [0.25, 0.3) is 10.0 Å². The lowest BCUT2D eigenvalue weighted by molar-refractivity contribution is -0.139. The standard InChI is InChI=1S/C29H33Cl2N3O4S/c1-5-21(3)32-29(36)22(4)33(18-23-12-10-9-11-20(23)2)28(35)19-34(24-15-16-26(30)27(31)17-24)39(37,38)25-13-7-6-8-14-25/h6-17,21-22H,5,18-19H2,1-4H3,(H,32,36)/t21-,22-/m1/s1.